The zero-order valence-corrected chi connectivity index (χ0v) is 22.1. The van der Waals surface area contributed by atoms with Gasteiger partial charge in [-0.05, 0) is 121 Å². The molecule has 0 saturated heterocycles. The molecular formula is C35H33NO3. The summed E-state index contributed by atoms with van der Waals surface area (Å²) < 4.78 is 5.39. The molecule has 0 heterocycles. The monoisotopic (exact) mass is 515 g/mol. The van der Waals surface area contributed by atoms with E-state index in [1.807, 2.05) is 36.4 Å². The molecule has 0 saturated carbocycles. The Labute approximate surface area is 230 Å². The summed E-state index contributed by atoms with van der Waals surface area (Å²) in [5.74, 6) is 1.42. The molecule has 0 aliphatic heterocycles. The Morgan fingerprint density at radius 2 is 0.718 bits per heavy atom. The number of phenolic OH excluding ortho intramolecular Hbond substituents is 2. The molecule has 5 rings (SSSR count). The van der Waals surface area contributed by atoms with Crippen molar-refractivity contribution in [2.24, 2.45) is 0 Å². The van der Waals surface area contributed by atoms with Crippen LogP contribution in [0.25, 0.3) is 0 Å². The zero-order valence-electron chi connectivity index (χ0n) is 22.1. The summed E-state index contributed by atoms with van der Waals surface area (Å²) in [6, 6.07) is 40.5. The first-order valence-corrected chi connectivity index (χ1v) is 13.3. The van der Waals surface area contributed by atoms with Crippen molar-refractivity contribution in [1.82, 2.24) is 0 Å². The number of methoxy groups -OCH3 is 1. The summed E-state index contributed by atoms with van der Waals surface area (Å²) in [6.07, 6.45) is 3.72. The lowest BCUT2D eigenvalue weighted by Crippen LogP contribution is -2.10. The van der Waals surface area contributed by atoms with E-state index in [-0.39, 0.29) is 0 Å². The third-order valence-corrected chi connectivity index (χ3v) is 7.00. The summed E-state index contributed by atoms with van der Waals surface area (Å²) >= 11 is 0. The maximum absolute atomic E-state index is 9.52. The van der Waals surface area contributed by atoms with Gasteiger partial charge in [-0.1, -0.05) is 48.5 Å². The first kappa shape index (κ1) is 25.9. The van der Waals surface area contributed by atoms with Gasteiger partial charge in [0.1, 0.15) is 17.2 Å². The third kappa shape index (κ3) is 6.79. The average molecular weight is 516 g/mol. The van der Waals surface area contributed by atoms with E-state index in [9.17, 15) is 10.2 Å². The van der Waals surface area contributed by atoms with Gasteiger partial charge in [-0.2, -0.15) is 0 Å². The maximum atomic E-state index is 9.52. The lowest BCUT2D eigenvalue weighted by molar-refractivity contribution is 0.415. The van der Waals surface area contributed by atoms with Crippen LogP contribution in [0, 0.1) is 0 Å². The summed E-state index contributed by atoms with van der Waals surface area (Å²) in [5, 5.41) is 19.0. The van der Waals surface area contributed by atoms with Crippen molar-refractivity contribution in [3.05, 3.63) is 144 Å². The minimum atomic E-state index is 0.298. The predicted octanol–water partition coefficient (Wildman–Crippen LogP) is 8.15. The van der Waals surface area contributed by atoms with Crippen LogP contribution in [0.1, 0.15) is 22.3 Å². The van der Waals surface area contributed by atoms with E-state index in [4.69, 9.17) is 4.74 Å². The number of aromatic hydroxyl groups is 2. The molecule has 0 atom stereocenters. The fraction of sp³-hybridized carbons (Fsp3) is 0.143. The number of anilines is 3. The molecule has 0 amide bonds. The SMILES string of the molecule is COc1ccc(N(c2ccc(CCc3ccc(O)cc3)cc2)c2ccc(CCc3ccc(O)cc3)cc2)cc1. The standard InChI is InChI=1S/C35H33NO3/c1-39-35-24-18-32(19-25-35)36(30-14-6-26(7-15-30)2-4-28-10-20-33(37)21-11-28)31-16-8-27(9-17-31)3-5-29-12-22-34(38)23-13-29/h6-25,37-38H,2-5H2,1H3. The Morgan fingerprint density at radius 3 is 1.03 bits per heavy atom. The van der Waals surface area contributed by atoms with Gasteiger partial charge in [-0.15, -0.1) is 0 Å². The fourth-order valence-electron chi connectivity index (χ4n) is 4.70. The highest BCUT2D eigenvalue weighted by Crippen LogP contribution is 2.35. The average Bonchev–Trinajstić information content (AvgIpc) is 2.98. The summed E-state index contributed by atoms with van der Waals surface area (Å²) in [5.41, 5.74) is 8.20. The van der Waals surface area contributed by atoms with E-state index in [1.54, 1.807) is 31.4 Å². The highest BCUT2D eigenvalue weighted by molar-refractivity contribution is 5.76. The van der Waals surface area contributed by atoms with Crippen molar-refractivity contribution in [2.75, 3.05) is 12.0 Å². The van der Waals surface area contributed by atoms with Crippen LogP contribution in [0.3, 0.4) is 0 Å². The van der Waals surface area contributed by atoms with E-state index >= 15 is 0 Å². The molecule has 0 radical (unpaired) electrons. The van der Waals surface area contributed by atoms with Gasteiger partial charge in [0.25, 0.3) is 0 Å². The molecule has 0 aliphatic carbocycles. The van der Waals surface area contributed by atoms with Crippen LogP contribution >= 0.6 is 0 Å². The van der Waals surface area contributed by atoms with Crippen LogP contribution in [0.2, 0.25) is 0 Å². The number of hydrogen-bond donors (Lipinski definition) is 2. The van der Waals surface area contributed by atoms with Gasteiger partial charge < -0.3 is 19.8 Å². The highest BCUT2D eigenvalue weighted by Gasteiger charge is 2.13. The highest BCUT2D eigenvalue weighted by atomic mass is 16.5. The van der Waals surface area contributed by atoms with E-state index in [1.165, 1.54) is 22.3 Å². The van der Waals surface area contributed by atoms with E-state index in [0.717, 1.165) is 48.5 Å². The van der Waals surface area contributed by atoms with Crippen molar-refractivity contribution < 1.29 is 14.9 Å². The van der Waals surface area contributed by atoms with Crippen LogP contribution in [-0.2, 0) is 25.7 Å². The van der Waals surface area contributed by atoms with Gasteiger partial charge in [-0.3, -0.25) is 0 Å². The first-order valence-electron chi connectivity index (χ1n) is 13.3. The third-order valence-electron chi connectivity index (χ3n) is 7.00. The number of nitrogens with zero attached hydrogens (tertiary/aromatic N) is 1. The van der Waals surface area contributed by atoms with Crippen molar-refractivity contribution in [2.45, 2.75) is 25.7 Å². The lowest BCUT2D eigenvalue weighted by atomic mass is 10.0. The van der Waals surface area contributed by atoms with E-state index in [2.05, 4.69) is 65.6 Å². The molecule has 5 aromatic rings. The van der Waals surface area contributed by atoms with Crippen LogP contribution in [0.15, 0.2) is 121 Å². The van der Waals surface area contributed by atoms with Crippen molar-refractivity contribution in [3.63, 3.8) is 0 Å². The molecule has 0 unspecified atom stereocenters. The molecule has 2 N–H and O–H groups in total. The van der Waals surface area contributed by atoms with Crippen molar-refractivity contribution >= 4 is 17.1 Å². The van der Waals surface area contributed by atoms with Crippen LogP contribution in [0.4, 0.5) is 17.1 Å². The Balaban J connectivity index is 1.34. The summed E-state index contributed by atoms with van der Waals surface area (Å²) in [4.78, 5) is 2.26. The number of ether oxygens (including phenoxy) is 1. The maximum Gasteiger partial charge on any atom is 0.119 e. The van der Waals surface area contributed by atoms with Gasteiger partial charge >= 0.3 is 0 Å². The van der Waals surface area contributed by atoms with E-state index in [0.29, 0.717) is 11.5 Å². The molecule has 0 bridgehead atoms. The zero-order chi connectivity index (χ0) is 27.0. The molecule has 0 spiro atoms. The Morgan fingerprint density at radius 1 is 0.436 bits per heavy atom. The molecule has 0 fully saturated rings. The number of hydrogen-bond acceptors (Lipinski definition) is 4. The Hall–Kier alpha value is -4.70. The van der Waals surface area contributed by atoms with Gasteiger partial charge in [0.2, 0.25) is 0 Å². The minimum absolute atomic E-state index is 0.298. The summed E-state index contributed by atoms with van der Waals surface area (Å²) in [6.45, 7) is 0. The molecule has 39 heavy (non-hydrogen) atoms. The fourth-order valence-corrected chi connectivity index (χ4v) is 4.70. The number of phenols is 2. The summed E-state index contributed by atoms with van der Waals surface area (Å²) in [7, 11) is 1.68. The van der Waals surface area contributed by atoms with Crippen molar-refractivity contribution in [3.8, 4) is 17.2 Å². The lowest BCUT2D eigenvalue weighted by Gasteiger charge is -2.26. The molecule has 0 aromatic heterocycles. The van der Waals surface area contributed by atoms with Crippen molar-refractivity contribution in [1.29, 1.82) is 0 Å². The van der Waals surface area contributed by atoms with Gasteiger partial charge in [0, 0.05) is 17.1 Å². The predicted molar refractivity (Wildman–Crippen MR) is 159 cm³/mol. The van der Waals surface area contributed by atoms with Gasteiger partial charge in [0.05, 0.1) is 7.11 Å². The van der Waals surface area contributed by atoms with Crippen LogP contribution in [-0.4, -0.2) is 17.3 Å². The molecule has 0 aliphatic rings. The minimum Gasteiger partial charge on any atom is -0.508 e. The molecule has 196 valence electrons. The largest absolute Gasteiger partial charge is 0.508 e. The smallest absolute Gasteiger partial charge is 0.119 e. The second-order valence-electron chi connectivity index (χ2n) is 9.70. The second-order valence-corrected chi connectivity index (χ2v) is 9.70. The molecule has 4 heteroatoms. The number of benzene rings is 5. The molecule has 5 aromatic carbocycles. The second kappa shape index (κ2) is 12.2. The molecule has 4 nitrogen and oxygen atoms in total. The normalized spacial score (nSPS) is 10.8. The van der Waals surface area contributed by atoms with E-state index < -0.39 is 0 Å². The number of rotatable bonds is 10. The number of aryl methyl sites for hydroxylation is 4. The topological polar surface area (TPSA) is 52.9 Å². The van der Waals surface area contributed by atoms with Crippen LogP contribution < -0.4 is 9.64 Å². The Bertz CT molecular complexity index is 1370. The molecular weight excluding hydrogens is 482 g/mol. The Kier molecular flexibility index (Phi) is 8.13. The van der Waals surface area contributed by atoms with Crippen LogP contribution in [0.5, 0.6) is 17.2 Å². The quantitative estimate of drug-likeness (QED) is 0.197. The first-order chi connectivity index (χ1) is 19.1. The van der Waals surface area contributed by atoms with Gasteiger partial charge in [-0.25, -0.2) is 0 Å². The van der Waals surface area contributed by atoms with Gasteiger partial charge in [0.15, 0.2) is 0 Å².